The van der Waals surface area contributed by atoms with E-state index in [1.807, 2.05) is 6.92 Å². The van der Waals surface area contributed by atoms with Crippen molar-refractivity contribution in [3.63, 3.8) is 0 Å². The summed E-state index contributed by atoms with van der Waals surface area (Å²) in [7, 11) is -4.03. The van der Waals surface area contributed by atoms with Crippen LogP contribution in [0.1, 0.15) is 24.0 Å². The molecule has 0 fully saturated rings. The summed E-state index contributed by atoms with van der Waals surface area (Å²) in [6, 6.07) is 9.71. The van der Waals surface area contributed by atoms with E-state index in [-0.39, 0.29) is 34.0 Å². The summed E-state index contributed by atoms with van der Waals surface area (Å²) in [5.74, 6) is 0.0243. The zero-order valence-electron chi connectivity index (χ0n) is 17.5. The van der Waals surface area contributed by atoms with Crippen molar-refractivity contribution in [1.29, 1.82) is 0 Å². The largest absolute Gasteiger partial charge is 0.494 e. The van der Waals surface area contributed by atoms with Crippen LogP contribution in [-0.2, 0) is 14.6 Å². The number of ether oxygens (including phenoxy) is 1. The van der Waals surface area contributed by atoms with Crippen molar-refractivity contribution in [2.75, 3.05) is 6.61 Å². The number of nitrogens with one attached hydrogen (secondary N) is 1. The Kier molecular flexibility index (Phi) is 5.43. The number of aromatic amines is 1. The van der Waals surface area contributed by atoms with Crippen molar-refractivity contribution in [3.8, 4) is 5.75 Å². The number of primary amides is 1. The quantitative estimate of drug-likeness (QED) is 0.402. The lowest BCUT2D eigenvalue weighted by molar-refractivity contribution is -0.118. The predicted octanol–water partition coefficient (Wildman–Crippen LogP) is 1.66. The molecule has 0 atom stereocenters. The standard InChI is InChI=1S/C21H21N5O5S/c1-12-5-8-17(13(2)10-12)32(29,30)21-19-23-20(28)15-7-6-14(31-9-3-4-18(22)27)11-16(15)26(19)25-24-21/h5-8,10-11,25H,3-4,9H2,1-2H3,(H2,22,27). The number of hydrogen-bond acceptors (Lipinski definition) is 7. The fraction of sp³-hybridized carbons (Fsp3) is 0.238. The zero-order valence-corrected chi connectivity index (χ0v) is 18.3. The number of sulfone groups is 1. The molecule has 0 bridgehead atoms. The molecule has 10 nitrogen and oxygen atoms in total. The highest BCUT2D eigenvalue weighted by molar-refractivity contribution is 7.91. The Bertz CT molecular complexity index is 1520. The molecular formula is C21H21N5O5S. The maximum Gasteiger partial charge on any atom is 0.281 e. The second kappa shape index (κ2) is 8.08. The molecule has 0 spiro atoms. The molecule has 0 saturated heterocycles. The molecule has 32 heavy (non-hydrogen) atoms. The molecule has 0 unspecified atom stereocenters. The summed E-state index contributed by atoms with van der Waals surface area (Å²) >= 11 is 0. The number of carbonyl (C=O) groups excluding carboxylic acids is 1. The third kappa shape index (κ3) is 3.82. The van der Waals surface area contributed by atoms with Crippen molar-refractivity contribution in [1.82, 2.24) is 19.8 Å². The van der Waals surface area contributed by atoms with Gasteiger partial charge in [-0.1, -0.05) is 17.7 Å². The lowest BCUT2D eigenvalue weighted by Gasteiger charge is -2.08. The van der Waals surface area contributed by atoms with E-state index < -0.39 is 21.3 Å². The molecule has 166 valence electrons. The van der Waals surface area contributed by atoms with Crippen LogP contribution in [0.4, 0.5) is 0 Å². The fourth-order valence-corrected chi connectivity index (χ4v) is 4.98. The number of carbonyl (C=O) groups is 1. The van der Waals surface area contributed by atoms with Crippen molar-refractivity contribution < 1.29 is 17.9 Å². The van der Waals surface area contributed by atoms with Crippen LogP contribution in [0.5, 0.6) is 5.75 Å². The molecule has 2 aromatic carbocycles. The first-order valence-corrected chi connectivity index (χ1v) is 11.3. The molecule has 0 aliphatic carbocycles. The molecule has 4 rings (SSSR count). The summed E-state index contributed by atoms with van der Waals surface area (Å²) < 4.78 is 33.5. The average molecular weight is 455 g/mol. The van der Waals surface area contributed by atoms with Crippen molar-refractivity contribution in [2.24, 2.45) is 5.73 Å². The monoisotopic (exact) mass is 455 g/mol. The molecule has 2 aromatic heterocycles. The first-order valence-electron chi connectivity index (χ1n) is 9.83. The lowest BCUT2D eigenvalue weighted by Crippen LogP contribution is -2.13. The highest BCUT2D eigenvalue weighted by atomic mass is 32.2. The summed E-state index contributed by atoms with van der Waals surface area (Å²) in [6.45, 7) is 3.83. The van der Waals surface area contributed by atoms with Gasteiger partial charge in [0.15, 0.2) is 5.65 Å². The molecule has 0 aliphatic rings. The first-order chi connectivity index (χ1) is 15.2. The topological polar surface area (TPSA) is 150 Å². The molecule has 2 heterocycles. The highest BCUT2D eigenvalue weighted by Crippen LogP contribution is 2.27. The SMILES string of the molecule is Cc1ccc(S(=O)(=O)c2n[nH]n3c2nc(=O)c2ccc(OCCCC(N)=O)cc23)c(C)c1. The van der Waals surface area contributed by atoms with Gasteiger partial charge in [0.2, 0.25) is 20.8 Å². The van der Waals surface area contributed by atoms with Gasteiger partial charge in [0.05, 0.1) is 22.4 Å². The summed E-state index contributed by atoms with van der Waals surface area (Å²) in [4.78, 5) is 27.5. The number of aromatic nitrogens is 4. The van der Waals surface area contributed by atoms with E-state index in [1.165, 1.54) is 10.6 Å². The minimum atomic E-state index is -4.03. The maximum atomic E-state index is 13.3. The second-order valence-electron chi connectivity index (χ2n) is 7.46. The number of benzene rings is 2. The van der Waals surface area contributed by atoms with Crippen LogP contribution in [0.2, 0.25) is 0 Å². The number of nitrogens with zero attached hydrogens (tertiary/aromatic N) is 3. The Morgan fingerprint density at radius 3 is 2.69 bits per heavy atom. The summed E-state index contributed by atoms with van der Waals surface area (Å²) in [5.41, 5.74) is 6.29. The third-order valence-electron chi connectivity index (χ3n) is 5.01. The van der Waals surface area contributed by atoms with Gasteiger partial charge in [-0.15, -0.1) is 5.10 Å². The Balaban J connectivity index is 1.81. The van der Waals surface area contributed by atoms with Gasteiger partial charge in [0.1, 0.15) is 5.75 Å². The predicted molar refractivity (Wildman–Crippen MR) is 116 cm³/mol. The van der Waals surface area contributed by atoms with Gasteiger partial charge in [-0.2, -0.15) is 4.98 Å². The highest BCUT2D eigenvalue weighted by Gasteiger charge is 2.27. The Hall–Kier alpha value is -3.73. The Morgan fingerprint density at radius 2 is 1.97 bits per heavy atom. The smallest absolute Gasteiger partial charge is 0.281 e. The van der Waals surface area contributed by atoms with Crippen LogP contribution in [0, 0.1) is 13.8 Å². The third-order valence-corrected chi connectivity index (χ3v) is 6.83. The van der Waals surface area contributed by atoms with Crippen molar-refractivity contribution >= 4 is 32.3 Å². The van der Waals surface area contributed by atoms with E-state index in [1.54, 1.807) is 37.3 Å². The van der Waals surface area contributed by atoms with Crippen LogP contribution in [-0.4, -0.2) is 40.7 Å². The number of fused-ring (bicyclic) bond motifs is 3. The van der Waals surface area contributed by atoms with Crippen molar-refractivity contribution in [2.45, 2.75) is 36.6 Å². The van der Waals surface area contributed by atoms with Crippen LogP contribution >= 0.6 is 0 Å². The minimum Gasteiger partial charge on any atom is -0.494 e. The van der Waals surface area contributed by atoms with Gasteiger partial charge in [-0.05, 0) is 44.0 Å². The van der Waals surface area contributed by atoms with E-state index >= 15 is 0 Å². The lowest BCUT2D eigenvalue weighted by atomic mass is 10.2. The molecular weight excluding hydrogens is 434 g/mol. The van der Waals surface area contributed by atoms with E-state index in [0.717, 1.165) is 5.56 Å². The summed E-state index contributed by atoms with van der Waals surface area (Å²) in [6.07, 6.45) is 0.642. The van der Waals surface area contributed by atoms with Gasteiger partial charge >= 0.3 is 0 Å². The zero-order chi connectivity index (χ0) is 23.0. The van der Waals surface area contributed by atoms with Crippen LogP contribution in [0.3, 0.4) is 0 Å². The van der Waals surface area contributed by atoms with Gasteiger partial charge < -0.3 is 10.5 Å². The van der Waals surface area contributed by atoms with Gasteiger partial charge in [0.25, 0.3) is 5.56 Å². The minimum absolute atomic E-state index is 0.0954. The van der Waals surface area contributed by atoms with Crippen LogP contribution < -0.4 is 16.0 Å². The Morgan fingerprint density at radius 1 is 1.19 bits per heavy atom. The molecule has 0 radical (unpaired) electrons. The summed E-state index contributed by atoms with van der Waals surface area (Å²) in [5, 5.41) is 6.56. The molecule has 0 aliphatic heterocycles. The van der Waals surface area contributed by atoms with E-state index in [0.29, 0.717) is 23.3 Å². The van der Waals surface area contributed by atoms with Crippen LogP contribution in [0.25, 0.3) is 16.6 Å². The molecule has 4 aromatic rings. The normalized spacial score (nSPS) is 11.8. The molecule has 11 heteroatoms. The van der Waals surface area contributed by atoms with E-state index in [4.69, 9.17) is 10.5 Å². The average Bonchev–Trinajstić information content (AvgIpc) is 3.15. The number of amides is 1. The van der Waals surface area contributed by atoms with E-state index in [9.17, 15) is 18.0 Å². The fourth-order valence-electron chi connectivity index (χ4n) is 3.50. The Labute approximate surface area is 182 Å². The number of nitrogens with two attached hydrogens (primary N) is 1. The van der Waals surface area contributed by atoms with Gasteiger partial charge in [-0.25, -0.2) is 18.1 Å². The maximum absolute atomic E-state index is 13.3. The second-order valence-corrected chi connectivity index (χ2v) is 9.30. The van der Waals surface area contributed by atoms with Gasteiger partial charge in [0, 0.05) is 12.5 Å². The number of hydrogen-bond donors (Lipinski definition) is 2. The van der Waals surface area contributed by atoms with Crippen molar-refractivity contribution in [3.05, 3.63) is 57.9 Å². The molecule has 3 N–H and O–H groups in total. The number of H-pyrrole nitrogens is 1. The van der Waals surface area contributed by atoms with Gasteiger partial charge in [-0.3, -0.25) is 9.59 Å². The van der Waals surface area contributed by atoms with E-state index in [2.05, 4.69) is 15.3 Å². The number of aryl methyl sites for hydroxylation is 2. The number of rotatable bonds is 7. The molecule has 0 saturated carbocycles. The first kappa shape index (κ1) is 21.5. The molecule has 1 amide bonds. The van der Waals surface area contributed by atoms with Crippen LogP contribution in [0.15, 0.2) is 51.1 Å².